The highest BCUT2D eigenvalue weighted by molar-refractivity contribution is 5.86. The summed E-state index contributed by atoms with van der Waals surface area (Å²) in [6, 6.07) is 23.4. The van der Waals surface area contributed by atoms with E-state index in [1.54, 1.807) is 60.7 Å². The molecule has 1 fully saturated rings. The molecule has 0 spiro atoms. The van der Waals surface area contributed by atoms with Gasteiger partial charge in [0.2, 0.25) is 5.91 Å². The molecule has 0 saturated carbocycles. The molecule has 2 atom stereocenters. The number of ether oxygens (including phenoxy) is 1. The van der Waals surface area contributed by atoms with Crippen molar-refractivity contribution in [3.8, 4) is 5.75 Å². The number of rotatable bonds is 11. The highest BCUT2D eigenvalue weighted by Crippen LogP contribution is 2.37. The highest BCUT2D eigenvalue weighted by Gasteiger charge is 2.52. The van der Waals surface area contributed by atoms with E-state index in [-0.39, 0.29) is 31.7 Å². The van der Waals surface area contributed by atoms with Gasteiger partial charge in [0, 0.05) is 13.0 Å². The number of carboxylic acid groups (broad SMARTS) is 1. The summed E-state index contributed by atoms with van der Waals surface area (Å²) in [6.45, 7) is 0.205. The molecule has 4 N–H and O–H groups in total. The fraction of sp³-hybridized carbons (Fsp3) is 0.300. The van der Waals surface area contributed by atoms with Crippen molar-refractivity contribution in [1.29, 1.82) is 0 Å². The first-order valence-electron chi connectivity index (χ1n) is 12.9. The van der Waals surface area contributed by atoms with Crippen LogP contribution in [0.3, 0.4) is 0 Å². The van der Waals surface area contributed by atoms with Crippen molar-refractivity contribution in [2.24, 2.45) is 5.73 Å². The van der Waals surface area contributed by atoms with Gasteiger partial charge in [-0.05, 0) is 54.5 Å². The number of amides is 2. The molecule has 0 bridgehead atoms. The molecular weight excluding hydrogens is 498 g/mol. The Balaban J connectivity index is 1.68. The summed E-state index contributed by atoms with van der Waals surface area (Å²) in [5.74, 6) is -1.73. The maximum atomic E-state index is 13.7. The zero-order chi connectivity index (χ0) is 27.8. The number of hydrogen-bond acceptors (Lipinski definition) is 6. The van der Waals surface area contributed by atoms with Gasteiger partial charge in [-0.25, -0.2) is 14.6 Å². The summed E-state index contributed by atoms with van der Waals surface area (Å²) in [5, 5.41) is 22.6. The Morgan fingerprint density at radius 1 is 0.923 bits per heavy atom. The second-order valence-electron chi connectivity index (χ2n) is 9.72. The Labute approximate surface area is 227 Å². The molecule has 9 heteroatoms. The fourth-order valence-electron chi connectivity index (χ4n) is 5.11. The molecule has 204 valence electrons. The van der Waals surface area contributed by atoms with Gasteiger partial charge in [-0.3, -0.25) is 4.79 Å². The van der Waals surface area contributed by atoms with Crippen LogP contribution in [0.25, 0.3) is 0 Å². The summed E-state index contributed by atoms with van der Waals surface area (Å²) in [4.78, 5) is 39.4. The number of benzene rings is 3. The number of nitrogens with two attached hydrogens (primary N) is 1. The minimum absolute atomic E-state index is 0.0138. The van der Waals surface area contributed by atoms with Crippen molar-refractivity contribution in [3.63, 3.8) is 0 Å². The van der Waals surface area contributed by atoms with Gasteiger partial charge in [0.05, 0.1) is 0 Å². The number of aryl methyl sites for hydroxylation is 1. The van der Waals surface area contributed by atoms with Crippen LogP contribution in [0.4, 0.5) is 4.79 Å². The minimum Gasteiger partial charge on any atom is -0.508 e. The fourth-order valence-corrected chi connectivity index (χ4v) is 5.11. The second kappa shape index (κ2) is 12.4. The van der Waals surface area contributed by atoms with E-state index < -0.39 is 29.6 Å². The first kappa shape index (κ1) is 27.7. The summed E-state index contributed by atoms with van der Waals surface area (Å²) < 4.78 is 5.62. The number of aromatic hydroxyl groups is 1. The molecule has 0 aliphatic carbocycles. The van der Waals surface area contributed by atoms with Gasteiger partial charge >= 0.3 is 12.1 Å². The molecule has 2 amide bonds. The lowest BCUT2D eigenvalue weighted by atomic mass is 9.88. The van der Waals surface area contributed by atoms with E-state index in [1.165, 1.54) is 5.01 Å². The molecule has 1 aliphatic rings. The average Bonchev–Trinajstić information content (AvgIpc) is 3.37. The molecule has 3 aromatic carbocycles. The minimum atomic E-state index is -1.33. The van der Waals surface area contributed by atoms with Crippen LogP contribution in [0.1, 0.15) is 36.0 Å². The number of primary amides is 1. The molecule has 3 aromatic rings. The highest BCUT2D eigenvalue weighted by atomic mass is 16.6. The van der Waals surface area contributed by atoms with E-state index in [1.807, 2.05) is 24.3 Å². The van der Waals surface area contributed by atoms with E-state index in [9.17, 15) is 24.6 Å². The second-order valence-corrected chi connectivity index (χ2v) is 9.72. The number of carboxylic acids is 1. The number of carbonyl (C=O) groups is 3. The summed E-state index contributed by atoms with van der Waals surface area (Å²) in [5.41, 5.74) is 7.04. The van der Waals surface area contributed by atoms with Gasteiger partial charge in [-0.1, -0.05) is 72.8 Å². The molecular formula is C30H33N3O6. The quantitative estimate of drug-likeness (QED) is 0.342. The molecule has 1 aliphatic heterocycles. The maximum Gasteiger partial charge on any atom is 0.425 e. The lowest BCUT2D eigenvalue weighted by Gasteiger charge is -2.44. The number of phenols is 1. The van der Waals surface area contributed by atoms with Crippen LogP contribution in [0.15, 0.2) is 84.9 Å². The lowest BCUT2D eigenvalue weighted by Crippen LogP contribution is -2.65. The van der Waals surface area contributed by atoms with E-state index in [4.69, 9.17) is 10.5 Å². The van der Waals surface area contributed by atoms with Crippen LogP contribution in [-0.4, -0.2) is 56.3 Å². The number of hydrogen-bond donors (Lipinski definition) is 3. The average molecular weight is 532 g/mol. The zero-order valence-corrected chi connectivity index (χ0v) is 21.6. The SMILES string of the molecule is NC(=O)[C@]1(CCc2ccc(O)cc2)CCCN1N(C(=O)OCc1ccccc1)[C@H](Cc1ccccc1)C(=O)O. The normalized spacial score (nSPS) is 17.8. The monoisotopic (exact) mass is 531 g/mol. The molecule has 1 heterocycles. The van der Waals surface area contributed by atoms with Gasteiger partial charge in [-0.15, -0.1) is 0 Å². The van der Waals surface area contributed by atoms with E-state index in [0.29, 0.717) is 19.3 Å². The number of hydrazine groups is 1. The van der Waals surface area contributed by atoms with Gasteiger partial charge in [0.1, 0.15) is 17.9 Å². The largest absolute Gasteiger partial charge is 0.508 e. The molecule has 1 saturated heterocycles. The van der Waals surface area contributed by atoms with E-state index in [0.717, 1.165) is 21.7 Å². The summed E-state index contributed by atoms with van der Waals surface area (Å²) in [6.07, 6.45) is 0.745. The third-order valence-electron chi connectivity index (χ3n) is 7.18. The zero-order valence-electron chi connectivity index (χ0n) is 21.6. The molecule has 0 radical (unpaired) electrons. The third-order valence-corrected chi connectivity index (χ3v) is 7.18. The van der Waals surface area contributed by atoms with Crippen molar-refractivity contribution in [2.75, 3.05) is 6.54 Å². The molecule has 39 heavy (non-hydrogen) atoms. The number of carbonyl (C=O) groups excluding carboxylic acids is 2. The third kappa shape index (κ3) is 6.56. The Bertz CT molecular complexity index is 1270. The molecule has 4 rings (SSSR count). The first-order chi connectivity index (χ1) is 18.8. The van der Waals surface area contributed by atoms with Gasteiger partial charge in [0.15, 0.2) is 6.04 Å². The van der Waals surface area contributed by atoms with E-state index >= 15 is 0 Å². The number of nitrogens with zero attached hydrogens (tertiary/aromatic N) is 2. The van der Waals surface area contributed by atoms with Gasteiger partial charge in [0.25, 0.3) is 0 Å². The Morgan fingerprint density at radius 2 is 1.54 bits per heavy atom. The Hall–Kier alpha value is -4.37. The molecule has 0 unspecified atom stereocenters. The van der Waals surface area contributed by atoms with Crippen molar-refractivity contribution in [3.05, 3.63) is 102 Å². The van der Waals surface area contributed by atoms with Crippen molar-refractivity contribution in [2.45, 2.75) is 50.3 Å². The van der Waals surface area contributed by atoms with E-state index in [2.05, 4.69) is 0 Å². The molecule has 9 nitrogen and oxygen atoms in total. The Morgan fingerprint density at radius 3 is 2.13 bits per heavy atom. The van der Waals surface area contributed by atoms with Crippen LogP contribution >= 0.6 is 0 Å². The van der Waals surface area contributed by atoms with Crippen molar-refractivity contribution < 1.29 is 29.3 Å². The van der Waals surface area contributed by atoms with Gasteiger partial charge < -0.3 is 20.7 Å². The Kier molecular flexibility index (Phi) is 8.83. The lowest BCUT2D eigenvalue weighted by molar-refractivity contribution is -0.162. The predicted molar refractivity (Wildman–Crippen MR) is 144 cm³/mol. The van der Waals surface area contributed by atoms with Crippen LogP contribution in [0, 0.1) is 0 Å². The summed E-state index contributed by atoms with van der Waals surface area (Å²) >= 11 is 0. The maximum absolute atomic E-state index is 13.7. The van der Waals surface area contributed by atoms with Gasteiger partial charge in [-0.2, -0.15) is 5.01 Å². The number of aliphatic carboxylic acids is 1. The number of phenolic OH excluding ortho intramolecular Hbond substituents is 1. The van der Waals surface area contributed by atoms with Crippen LogP contribution in [0.5, 0.6) is 5.75 Å². The first-order valence-corrected chi connectivity index (χ1v) is 12.9. The van der Waals surface area contributed by atoms with Crippen LogP contribution in [-0.2, 0) is 33.8 Å². The molecule has 0 aromatic heterocycles. The summed E-state index contributed by atoms with van der Waals surface area (Å²) in [7, 11) is 0. The van der Waals surface area contributed by atoms with Crippen LogP contribution in [0.2, 0.25) is 0 Å². The van der Waals surface area contributed by atoms with Crippen molar-refractivity contribution in [1.82, 2.24) is 10.0 Å². The smallest absolute Gasteiger partial charge is 0.425 e. The van der Waals surface area contributed by atoms with Crippen LogP contribution < -0.4 is 5.73 Å². The predicted octanol–water partition coefficient (Wildman–Crippen LogP) is 3.89. The standard InChI is InChI=1S/C30H33N3O6/c31-28(37)30(18-16-22-12-14-25(34)15-13-22)17-7-19-32(30)33(29(38)39-21-24-10-5-2-6-11-24)26(27(35)36)20-23-8-3-1-4-9-23/h1-6,8-15,26,34H,7,16-21H2,(H2,31,37)(H,35,36)/t26-,30-/m1/s1. The topological polar surface area (TPSA) is 133 Å². The van der Waals surface area contributed by atoms with Crippen molar-refractivity contribution >= 4 is 18.0 Å².